The molecule has 1 atom stereocenters. The van der Waals surface area contributed by atoms with Crippen LogP contribution in [-0.2, 0) is 12.6 Å². The number of piperidine rings is 1. The van der Waals surface area contributed by atoms with Crippen LogP contribution in [0.1, 0.15) is 58.4 Å². The number of anilines is 2. The quantitative estimate of drug-likeness (QED) is 0.295. The van der Waals surface area contributed by atoms with Crippen LogP contribution in [0.4, 0.5) is 29.4 Å². The Morgan fingerprint density at radius 3 is 2.49 bits per heavy atom. The van der Waals surface area contributed by atoms with Gasteiger partial charge in [0, 0.05) is 51.9 Å². The third-order valence-corrected chi connectivity index (χ3v) is 7.45. The predicted octanol–water partition coefficient (Wildman–Crippen LogP) is 5.24. The zero-order valence-corrected chi connectivity index (χ0v) is 22.7. The molecule has 2 aliphatic rings. The molecule has 2 aromatic heterocycles. The highest BCUT2D eigenvalue weighted by molar-refractivity contribution is 5.96. The first kappa shape index (κ1) is 28.6. The summed E-state index contributed by atoms with van der Waals surface area (Å²) in [5.74, 6) is -1.65. The summed E-state index contributed by atoms with van der Waals surface area (Å²) in [6, 6.07) is 9.04. The van der Waals surface area contributed by atoms with E-state index < -0.39 is 29.2 Å². The van der Waals surface area contributed by atoms with Crippen molar-refractivity contribution in [3.8, 4) is 0 Å². The minimum absolute atomic E-state index is 0.0335. The van der Waals surface area contributed by atoms with Gasteiger partial charge in [0.05, 0.1) is 5.56 Å². The minimum atomic E-state index is -4.83. The van der Waals surface area contributed by atoms with Crippen molar-refractivity contribution in [3.63, 3.8) is 0 Å². The molecule has 1 amide bonds. The van der Waals surface area contributed by atoms with E-state index in [1.165, 1.54) is 24.4 Å². The van der Waals surface area contributed by atoms with E-state index in [1.807, 2.05) is 11.8 Å². The molecule has 0 bridgehead atoms. The number of pyridine rings is 1. The Bertz CT molecular complexity index is 1390. The number of carbonyl (C=O) groups is 2. The molecule has 12 heteroatoms. The van der Waals surface area contributed by atoms with Crippen LogP contribution in [-0.4, -0.2) is 65.8 Å². The number of aromatic nitrogens is 2. The SMILES string of the molecule is CC1CCCN(c2nc(C(F)(F)F)c(C(=O)Cc3ccc(N4CCCN(C(=O)c5ccccc5F)CC4)nc3)o2)C1. The Hall–Kier alpha value is -3.96. The van der Waals surface area contributed by atoms with Crippen LogP contribution in [0.3, 0.4) is 0 Å². The highest BCUT2D eigenvalue weighted by Gasteiger charge is 2.42. The first-order valence-electron chi connectivity index (χ1n) is 13.7. The molecule has 3 aromatic rings. The Balaban J connectivity index is 1.24. The third kappa shape index (κ3) is 6.52. The van der Waals surface area contributed by atoms with Crippen molar-refractivity contribution in [1.82, 2.24) is 14.9 Å². The van der Waals surface area contributed by atoms with E-state index in [0.29, 0.717) is 57.1 Å². The highest BCUT2D eigenvalue weighted by atomic mass is 19.4. The summed E-state index contributed by atoms with van der Waals surface area (Å²) >= 11 is 0. The van der Waals surface area contributed by atoms with Crippen LogP contribution in [0, 0.1) is 11.7 Å². The van der Waals surface area contributed by atoms with Crippen molar-refractivity contribution in [3.05, 3.63) is 71.0 Å². The van der Waals surface area contributed by atoms with Crippen molar-refractivity contribution >= 4 is 23.5 Å². The van der Waals surface area contributed by atoms with E-state index in [-0.39, 0.29) is 29.8 Å². The number of nitrogens with zero attached hydrogens (tertiary/aromatic N) is 5. The Kier molecular flexibility index (Phi) is 8.27. The van der Waals surface area contributed by atoms with Gasteiger partial charge >= 0.3 is 6.18 Å². The predicted molar refractivity (Wildman–Crippen MR) is 144 cm³/mol. The van der Waals surface area contributed by atoms with Crippen molar-refractivity contribution in [2.45, 2.75) is 38.8 Å². The van der Waals surface area contributed by atoms with Gasteiger partial charge in [0.15, 0.2) is 5.69 Å². The standard InChI is InChI=1S/C29H31F4N5O3/c1-19-6-4-11-38(18-19)28-35-26(29(31,32)33)25(41-28)23(39)16-20-9-10-24(34-17-20)36-12-5-13-37(15-14-36)27(40)21-7-2-3-8-22(21)30/h2-3,7-10,17,19H,4-6,11-16,18H2,1H3. The molecule has 0 saturated carbocycles. The normalized spacial score (nSPS) is 18.4. The molecule has 2 fully saturated rings. The zero-order valence-electron chi connectivity index (χ0n) is 22.7. The fourth-order valence-electron chi connectivity index (χ4n) is 5.32. The number of rotatable bonds is 6. The summed E-state index contributed by atoms with van der Waals surface area (Å²) in [6.07, 6.45) is -1.27. The van der Waals surface area contributed by atoms with Crippen LogP contribution in [0.2, 0.25) is 0 Å². The second kappa shape index (κ2) is 11.9. The van der Waals surface area contributed by atoms with E-state index in [0.717, 1.165) is 12.8 Å². The summed E-state index contributed by atoms with van der Waals surface area (Å²) in [6.45, 7) is 4.96. The van der Waals surface area contributed by atoms with Crippen LogP contribution in [0.5, 0.6) is 0 Å². The van der Waals surface area contributed by atoms with E-state index in [4.69, 9.17) is 4.42 Å². The lowest BCUT2D eigenvalue weighted by atomic mass is 10.0. The maximum absolute atomic E-state index is 14.1. The second-order valence-electron chi connectivity index (χ2n) is 10.6. The molecule has 2 saturated heterocycles. The first-order valence-corrected chi connectivity index (χ1v) is 13.7. The van der Waals surface area contributed by atoms with Gasteiger partial charge in [-0.1, -0.05) is 25.1 Å². The molecule has 41 heavy (non-hydrogen) atoms. The average Bonchev–Trinajstić information content (AvgIpc) is 3.27. The molecular weight excluding hydrogens is 542 g/mol. The number of halogens is 4. The lowest BCUT2D eigenvalue weighted by Gasteiger charge is -2.29. The molecule has 5 rings (SSSR count). The van der Waals surface area contributed by atoms with Gasteiger partial charge in [0.25, 0.3) is 11.9 Å². The van der Waals surface area contributed by atoms with Crippen LogP contribution in [0.15, 0.2) is 47.0 Å². The van der Waals surface area contributed by atoms with Gasteiger partial charge in [-0.15, -0.1) is 0 Å². The highest BCUT2D eigenvalue weighted by Crippen LogP contribution is 2.35. The molecule has 8 nitrogen and oxygen atoms in total. The first-order chi connectivity index (χ1) is 19.6. The Morgan fingerprint density at radius 1 is 1.00 bits per heavy atom. The van der Waals surface area contributed by atoms with Gasteiger partial charge in [-0.05, 0) is 48.9 Å². The lowest BCUT2D eigenvalue weighted by molar-refractivity contribution is -0.141. The number of oxazole rings is 1. The largest absolute Gasteiger partial charge is 0.437 e. The number of hydrogen-bond donors (Lipinski definition) is 0. The summed E-state index contributed by atoms with van der Waals surface area (Å²) < 4.78 is 60.7. The maximum atomic E-state index is 14.1. The van der Waals surface area contributed by atoms with E-state index in [1.54, 1.807) is 28.0 Å². The molecule has 1 aromatic carbocycles. The smallest absolute Gasteiger partial charge is 0.420 e. The van der Waals surface area contributed by atoms with Crippen LogP contribution >= 0.6 is 0 Å². The molecule has 0 N–H and O–H groups in total. The van der Waals surface area contributed by atoms with E-state index in [9.17, 15) is 27.2 Å². The van der Waals surface area contributed by atoms with E-state index >= 15 is 0 Å². The van der Waals surface area contributed by atoms with Gasteiger partial charge in [-0.25, -0.2) is 9.37 Å². The van der Waals surface area contributed by atoms with Gasteiger partial charge in [0.2, 0.25) is 11.5 Å². The van der Waals surface area contributed by atoms with Gasteiger partial charge < -0.3 is 19.1 Å². The van der Waals surface area contributed by atoms with Gasteiger partial charge in [-0.3, -0.25) is 9.59 Å². The molecule has 0 radical (unpaired) electrons. The molecule has 218 valence electrons. The number of ketones is 1. The monoisotopic (exact) mass is 573 g/mol. The fraction of sp³-hybridized carbons (Fsp3) is 0.448. The van der Waals surface area contributed by atoms with Crippen LogP contribution in [0.25, 0.3) is 0 Å². The molecule has 1 unspecified atom stereocenters. The maximum Gasteiger partial charge on any atom is 0.437 e. The summed E-state index contributed by atoms with van der Waals surface area (Å²) in [5, 5.41) is 0. The molecule has 4 heterocycles. The van der Waals surface area contributed by atoms with Crippen molar-refractivity contribution in [2.75, 3.05) is 49.1 Å². The third-order valence-electron chi connectivity index (χ3n) is 7.45. The average molecular weight is 574 g/mol. The topological polar surface area (TPSA) is 82.8 Å². The van der Waals surface area contributed by atoms with Crippen molar-refractivity contribution in [1.29, 1.82) is 0 Å². The summed E-state index contributed by atoms with van der Waals surface area (Å²) in [5.41, 5.74) is -0.840. The molecule has 0 spiro atoms. The van der Waals surface area contributed by atoms with Gasteiger partial charge in [0.1, 0.15) is 11.6 Å². The van der Waals surface area contributed by atoms with Gasteiger partial charge in [-0.2, -0.15) is 18.2 Å². The van der Waals surface area contributed by atoms with E-state index in [2.05, 4.69) is 9.97 Å². The Morgan fingerprint density at radius 2 is 1.78 bits per heavy atom. The number of benzene rings is 1. The number of hydrogen-bond acceptors (Lipinski definition) is 7. The summed E-state index contributed by atoms with van der Waals surface area (Å²) in [7, 11) is 0. The van der Waals surface area contributed by atoms with Crippen LogP contribution < -0.4 is 9.80 Å². The molecule has 0 aliphatic carbocycles. The van der Waals surface area contributed by atoms with Crippen molar-refractivity contribution < 1.29 is 31.6 Å². The lowest BCUT2D eigenvalue weighted by Crippen LogP contribution is -2.35. The number of alkyl halides is 3. The zero-order chi connectivity index (χ0) is 29.1. The second-order valence-corrected chi connectivity index (χ2v) is 10.6. The number of Topliss-reactive ketones (excluding diaryl/α,β-unsaturated/α-hetero) is 1. The number of amides is 1. The minimum Gasteiger partial charge on any atom is -0.420 e. The number of carbonyl (C=O) groups excluding carboxylic acids is 2. The fourth-order valence-corrected chi connectivity index (χ4v) is 5.32. The molecular formula is C29H31F4N5O3. The van der Waals surface area contributed by atoms with Crippen molar-refractivity contribution in [2.24, 2.45) is 5.92 Å². The Labute approximate surface area is 235 Å². The molecule has 2 aliphatic heterocycles. The summed E-state index contributed by atoms with van der Waals surface area (Å²) in [4.78, 5) is 39.1.